The van der Waals surface area contributed by atoms with Crippen LogP contribution in [0.2, 0.25) is 0 Å². The Morgan fingerprint density at radius 1 is 1.15 bits per heavy atom. The van der Waals surface area contributed by atoms with Crippen LogP contribution >= 0.6 is 0 Å². The Labute approximate surface area is 118 Å². The number of aryl methyl sites for hydroxylation is 2. The number of imidazole rings is 1. The summed E-state index contributed by atoms with van der Waals surface area (Å²) in [6.45, 7) is 2.84. The Kier molecular flexibility index (Phi) is 3.52. The first-order valence-corrected chi connectivity index (χ1v) is 7.02. The third-order valence-corrected chi connectivity index (χ3v) is 3.62. The average Bonchev–Trinajstić information content (AvgIpc) is 2.88. The van der Waals surface area contributed by atoms with E-state index in [-0.39, 0.29) is 0 Å². The zero-order valence-electron chi connectivity index (χ0n) is 11.7. The minimum absolute atomic E-state index is 0.732. The maximum Gasteiger partial charge on any atom is 0.138 e. The molecule has 3 heteroatoms. The molecule has 0 saturated carbocycles. The number of nitrogens with one attached hydrogen (secondary N) is 1. The van der Waals surface area contributed by atoms with E-state index in [1.807, 2.05) is 12.1 Å². The fourth-order valence-electron chi connectivity index (χ4n) is 2.48. The highest BCUT2D eigenvalue weighted by Gasteiger charge is 2.07. The summed E-state index contributed by atoms with van der Waals surface area (Å²) in [4.78, 5) is 8.11. The van der Waals surface area contributed by atoms with E-state index in [1.54, 1.807) is 0 Å². The molecule has 0 bridgehead atoms. The molecule has 3 N–H and O–H groups in total. The van der Waals surface area contributed by atoms with Crippen LogP contribution < -0.4 is 5.73 Å². The van der Waals surface area contributed by atoms with Crippen molar-refractivity contribution >= 4 is 11.0 Å². The van der Waals surface area contributed by atoms with Crippen molar-refractivity contribution in [3.05, 3.63) is 53.6 Å². The van der Waals surface area contributed by atoms with Gasteiger partial charge >= 0.3 is 0 Å². The quantitative estimate of drug-likeness (QED) is 0.759. The molecule has 0 atom stereocenters. The second-order valence-electron chi connectivity index (χ2n) is 5.14. The fraction of sp³-hybridized carbons (Fsp3) is 0.235. The summed E-state index contributed by atoms with van der Waals surface area (Å²) in [5, 5.41) is 0. The van der Waals surface area contributed by atoms with E-state index < -0.39 is 0 Å². The lowest BCUT2D eigenvalue weighted by molar-refractivity contribution is 0.833. The smallest absolute Gasteiger partial charge is 0.138 e. The van der Waals surface area contributed by atoms with E-state index in [9.17, 15) is 0 Å². The molecule has 3 nitrogen and oxygen atoms in total. The molecule has 0 spiro atoms. The number of hydrogen-bond acceptors (Lipinski definition) is 2. The Bertz CT molecular complexity index is 728. The summed E-state index contributed by atoms with van der Waals surface area (Å²) in [6.07, 6.45) is 2.04. The number of nitrogens with zero attached hydrogens (tertiary/aromatic N) is 1. The van der Waals surface area contributed by atoms with Crippen LogP contribution in [0.25, 0.3) is 22.4 Å². The predicted octanol–water partition coefficient (Wildman–Crippen LogP) is 3.43. The number of aromatic amines is 1. The van der Waals surface area contributed by atoms with Gasteiger partial charge < -0.3 is 10.7 Å². The fourth-order valence-corrected chi connectivity index (χ4v) is 2.48. The molecule has 0 radical (unpaired) electrons. The van der Waals surface area contributed by atoms with Gasteiger partial charge in [-0.1, -0.05) is 30.3 Å². The summed E-state index contributed by atoms with van der Waals surface area (Å²) in [5.41, 5.74) is 11.4. The van der Waals surface area contributed by atoms with Crippen LogP contribution in [0, 0.1) is 6.92 Å². The Morgan fingerprint density at radius 3 is 2.80 bits per heavy atom. The molecule has 3 rings (SSSR count). The number of hydrogen-bond donors (Lipinski definition) is 2. The van der Waals surface area contributed by atoms with Gasteiger partial charge in [-0.05, 0) is 49.6 Å². The van der Waals surface area contributed by atoms with E-state index in [2.05, 4.69) is 47.2 Å². The van der Waals surface area contributed by atoms with Gasteiger partial charge in [0.2, 0.25) is 0 Å². The lowest BCUT2D eigenvalue weighted by Gasteiger charge is -2.00. The van der Waals surface area contributed by atoms with Crippen molar-refractivity contribution < 1.29 is 0 Å². The van der Waals surface area contributed by atoms with Crippen LogP contribution in [0.15, 0.2) is 42.5 Å². The highest BCUT2D eigenvalue weighted by molar-refractivity contribution is 5.80. The number of aromatic nitrogens is 2. The van der Waals surface area contributed by atoms with E-state index in [4.69, 9.17) is 5.73 Å². The van der Waals surface area contributed by atoms with Crippen molar-refractivity contribution in [1.29, 1.82) is 0 Å². The predicted molar refractivity (Wildman–Crippen MR) is 83.6 cm³/mol. The third-order valence-electron chi connectivity index (χ3n) is 3.62. The molecule has 0 aliphatic carbocycles. The van der Waals surface area contributed by atoms with E-state index >= 15 is 0 Å². The first-order chi connectivity index (χ1) is 9.78. The molecule has 0 saturated heterocycles. The van der Waals surface area contributed by atoms with Gasteiger partial charge in [-0.3, -0.25) is 0 Å². The number of H-pyrrole nitrogens is 1. The summed E-state index contributed by atoms with van der Waals surface area (Å²) < 4.78 is 0. The Balaban J connectivity index is 2.00. The van der Waals surface area contributed by atoms with E-state index in [1.165, 1.54) is 11.1 Å². The summed E-state index contributed by atoms with van der Waals surface area (Å²) in [6, 6.07) is 14.7. The Morgan fingerprint density at radius 2 is 2.00 bits per heavy atom. The van der Waals surface area contributed by atoms with Gasteiger partial charge in [0.05, 0.1) is 11.0 Å². The molecule has 0 fully saturated rings. The van der Waals surface area contributed by atoms with Crippen molar-refractivity contribution in [1.82, 2.24) is 9.97 Å². The Hall–Kier alpha value is -2.13. The molecule has 0 aliphatic heterocycles. The van der Waals surface area contributed by atoms with Crippen molar-refractivity contribution in [3.63, 3.8) is 0 Å². The minimum Gasteiger partial charge on any atom is -0.338 e. The van der Waals surface area contributed by atoms with Crippen molar-refractivity contribution in [2.24, 2.45) is 5.73 Å². The van der Waals surface area contributed by atoms with Crippen molar-refractivity contribution in [3.8, 4) is 11.4 Å². The summed E-state index contributed by atoms with van der Waals surface area (Å²) in [5.74, 6) is 0.939. The molecule has 0 amide bonds. The highest BCUT2D eigenvalue weighted by atomic mass is 14.9. The SMILES string of the molecule is Cc1ccccc1-c1nc2ccc(CCCN)cc2[nH]1. The normalized spacial score (nSPS) is 11.1. The molecule has 20 heavy (non-hydrogen) atoms. The maximum absolute atomic E-state index is 5.57. The first-order valence-electron chi connectivity index (χ1n) is 7.02. The van der Waals surface area contributed by atoms with Crippen molar-refractivity contribution in [2.75, 3.05) is 6.54 Å². The lowest BCUT2D eigenvalue weighted by Crippen LogP contribution is -2.00. The van der Waals surface area contributed by atoms with Crippen LogP contribution in [0.1, 0.15) is 17.5 Å². The average molecular weight is 265 g/mol. The molecular weight excluding hydrogens is 246 g/mol. The monoisotopic (exact) mass is 265 g/mol. The highest BCUT2D eigenvalue weighted by Crippen LogP contribution is 2.24. The van der Waals surface area contributed by atoms with Gasteiger partial charge in [0.15, 0.2) is 0 Å². The number of fused-ring (bicyclic) bond motifs is 1. The van der Waals surface area contributed by atoms with E-state index in [0.717, 1.165) is 41.8 Å². The largest absolute Gasteiger partial charge is 0.338 e. The second kappa shape index (κ2) is 5.47. The van der Waals surface area contributed by atoms with Gasteiger partial charge in [0, 0.05) is 5.56 Å². The van der Waals surface area contributed by atoms with E-state index in [0.29, 0.717) is 0 Å². The van der Waals surface area contributed by atoms with Gasteiger partial charge in [0.25, 0.3) is 0 Å². The second-order valence-corrected chi connectivity index (χ2v) is 5.14. The lowest BCUT2D eigenvalue weighted by atomic mass is 10.1. The van der Waals surface area contributed by atoms with Crippen LogP contribution in [-0.4, -0.2) is 16.5 Å². The summed E-state index contributed by atoms with van der Waals surface area (Å²) >= 11 is 0. The molecule has 0 unspecified atom stereocenters. The molecular formula is C17H19N3. The van der Waals surface area contributed by atoms with Crippen LogP contribution in [0.4, 0.5) is 0 Å². The van der Waals surface area contributed by atoms with Crippen LogP contribution in [0.3, 0.4) is 0 Å². The van der Waals surface area contributed by atoms with Gasteiger partial charge in [0.1, 0.15) is 5.82 Å². The first kappa shape index (κ1) is 12.9. The zero-order valence-corrected chi connectivity index (χ0v) is 11.7. The number of benzene rings is 2. The molecule has 3 aromatic rings. The molecule has 1 heterocycles. The van der Waals surface area contributed by atoms with Gasteiger partial charge in [-0.25, -0.2) is 4.98 Å². The van der Waals surface area contributed by atoms with Gasteiger partial charge in [-0.2, -0.15) is 0 Å². The maximum atomic E-state index is 5.57. The third kappa shape index (κ3) is 2.45. The molecule has 1 aromatic heterocycles. The summed E-state index contributed by atoms with van der Waals surface area (Å²) in [7, 11) is 0. The topological polar surface area (TPSA) is 54.7 Å². The van der Waals surface area contributed by atoms with Crippen LogP contribution in [0.5, 0.6) is 0 Å². The van der Waals surface area contributed by atoms with Crippen LogP contribution in [-0.2, 0) is 6.42 Å². The van der Waals surface area contributed by atoms with Crippen molar-refractivity contribution in [2.45, 2.75) is 19.8 Å². The van der Waals surface area contributed by atoms with Gasteiger partial charge in [-0.15, -0.1) is 0 Å². The number of rotatable bonds is 4. The molecule has 102 valence electrons. The zero-order chi connectivity index (χ0) is 13.9. The molecule has 0 aliphatic rings. The standard InChI is InChI=1S/C17H19N3/c1-12-5-2-3-7-14(12)17-19-15-9-8-13(6-4-10-18)11-16(15)20-17/h2-3,5,7-9,11H,4,6,10,18H2,1H3,(H,19,20). The minimum atomic E-state index is 0.732. The molecule has 2 aromatic carbocycles. The number of nitrogens with two attached hydrogens (primary N) is 1.